The molecule has 26 heavy (non-hydrogen) atoms. The fourth-order valence-electron chi connectivity index (χ4n) is 3.52. The molecule has 0 radical (unpaired) electrons. The highest BCUT2D eigenvalue weighted by molar-refractivity contribution is 7.92. The van der Waals surface area contributed by atoms with Crippen molar-refractivity contribution in [3.63, 3.8) is 0 Å². The van der Waals surface area contributed by atoms with Crippen LogP contribution in [0.2, 0.25) is 0 Å². The highest BCUT2D eigenvalue weighted by atomic mass is 32.2. The average molecular weight is 402 g/mol. The maximum Gasteiger partial charge on any atom is 0.239 e. The summed E-state index contributed by atoms with van der Waals surface area (Å²) in [6.07, 6.45) is 3.09. The molecule has 1 saturated heterocycles. The summed E-state index contributed by atoms with van der Waals surface area (Å²) in [6, 6.07) is 5.02. The van der Waals surface area contributed by atoms with E-state index < -0.39 is 19.9 Å². The van der Waals surface area contributed by atoms with Gasteiger partial charge in [0.15, 0.2) is 9.84 Å². The molecule has 2 heterocycles. The zero-order chi connectivity index (χ0) is 18.9. The van der Waals surface area contributed by atoms with E-state index in [0.717, 1.165) is 30.3 Å². The Labute approximate surface area is 153 Å². The molecule has 2 aliphatic heterocycles. The molecule has 1 amide bonds. The molecule has 10 heteroatoms. The number of benzene rings is 1. The molecule has 2 N–H and O–H groups in total. The van der Waals surface area contributed by atoms with Gasteiger partial charge in [-0.25, -0.2) is 16.8 Å². The van der Waals surface area contributed by atoms with Crippen molar-refractivity contribution in [1.29, 1.82) is 0 Å². The normalized spacial score (nSPS) is 21.9. The first-order valence-electron chi connectivity index (χ1n) is 8.47. The van der Waals surface area contributed by atoms with Crippen molar-refractivity contribution in [2.24, 2.45) is 0 Å². The number of rotatable bonds is 5. The second kappa shape index (κ2) is 7.07. The van der Waals surface area contributed by atoms with E-state index in [9.17, 15) is 21.6 Å². The second-order valence-electron chi connectivity index (χ2n) is 6.87. The molecule has 0 bridgehead atoms. The van der Waals surface area contributed by atoms with E-state index in [0.29, 0.717) is 18.7 Å². The van der Waals surface area contributed by atoms with E-state index >= 15 is 0 Å². The lowest BCUT2D eigenvalue weighted by atomic mass is 10.00. The van der Waals surface area contributed by atoms with Crippen molar-refractivity contribution >= 4 is 37.1 Å². The number of sulfone groups is 1. The van der Waals surface area contributed by atoms with Gasteiger partial charge in [-0.3, -0.25) is 9.52 Å². The van der Waals surface area contributed by atoms with Crippen LogP contribution in [0.3, 0.4) is 0 Å². The number of hydrogen-bond acceptors (Lipinski definition) is 6. The average Bonchev–Trinajstić information content (AvgIpc) is 2.85. The molecule has 2 aliphatic rings. The third-order valence-corrected chi connectivity index (χ3v) is 6.93. The van der Waals surface area contributed by atoms with Gasteiger partial charge in [0.05, 0.1) is 30.0 Å². The van der Waals surface area contributed by atoms with Gasteiger partial charge < -0.3 is 10.2 Å². The van der Waals surface area contributed by atoms with E-state index in [1.807, 2.05) is 11.0 Å². The first-order chi connectivity index (χ1) is 12.1. The molecule has 1 aromatic rings. The highest BCUT2D eigenvalue weighted by Gasteiger charge is 2.30. The maximum atomic E-state index is 12.3. The summed E-state index contributed by atoms with van der Waals surface area (Å²) in [6.45, 7) is 0.803. The number of nitrogens with zero attached hydrogens (tertiary/aromatic N) is 1. The van der Waals surface area contributed by atoms with E-state index in [1.54, 1.807) is 12.1 Å². The molecule has 8 nitrogen and oxygen atoms in total. The lowest BCUT2D eigenvalue weighted by molar-refractivity contribution is -0.120. The predicted molar refractivity (Wildman–Crippen MR) is 101 cm³/mol. The van der Waals surface area contributed by atoms with Crippen molar-refractivity contribution in [2.75, 3.05) is 40.5 Å². The van der Waals surface area contributed by atoms with Crippen LogP contribution in [0.1, 0.15) is 18.4 Å². The van der Waals surface area contributed by atoms with Gasteiger partial charge in [0.2, 0.25) is 15.9 Å². The van der Waals surface area contributed by atoms with Gasteiger partial charge in [-0.15, -0.1) is 0 Å². The number of hydrogen-bond donors (Lipinski definition) is 2. The van der Waals surface area contributed by atoms with E-state index in [-0.39, 0.29) is 30.0 Å². The van der Waals surface area contributed by atoms with Crippen LogP contribution in [-0.4, -0.2) is 59.6 Å². The molecular weight excluding hydrogens is 378 g/mol. The monoisotopic (exact) mass is 401 g/mol. The Bertz CT molecular complexity index is 912. The Morgan fingerprint density at radius 3 is 2.77 bits per heavy atom. The van der Waals surface area contributed by atoms with Gasteiger partial charge >= 0.3 is 0 Å². The number of fused-ring (bicyclic) bond motifs is 1. The van der Waals surface area contributed by atoms with Crippen LogP contribution in [0.5, 0.6) is 0 Å². The number of nitrogens with one attached hydrogen (secondary N) is 2. The minimum Gasteiger partial charge on any atom is -0.362 e. The largest absolute Gasteiger partial charge is 0.362 e. The molecular formula is C16H23N3O5S2. The Hall–Kier alpha value is -1.81. The van der Waals surface area contributed by atoms with Gasteiger partial charge in [0, 0.05) is 18.3 Å². The molecule has 0 saturated carbocycles. The Morgan fingerprint density at radius 2 is 2.12 bits per heavy atom. The van der Waals surface area contributed by atoms with Crippen LogP contribution >= 0.6 is 0 Å². The van der Waals surface area contributed by atoms with Crippen LogP contribution in [-0.2, 0) is 31.1 Å². The van der Waals surface area contributed by atoms with Crippen LogP contribution < -0.4 is 14.9 Å². The van der Waals surface area contributed by atoms with Crippen LogP contribution in [0.15, 0.2) is 18.2 Å². The molecule has 144 valence electrons. The number of sulfonamides is 1. The number of anilines is 2. The maximum absolute atomic E-state index is 12.3. The standard InChI is InChI=1S/C16H23N3O5S2/c1-25(21,22)18-14-5-2-6-15-13(14)4-3-8-19(15)10-16(20)17-12-7-9-26(23,24)11-12/h2,5-6,12,18H,3-4,7-11H2,1H3,(H,17,20)/t12-/m0/s1. The third kappa shape index (κ3) is 4.67. The lowest BCUT2D eigenvalue weighted by Crippen LogP contribution is -2.44. The summed E-state index contributed by atoms with van der Waals surface area (Å²) in [5.74, 6) is -0.107. The van der Waals surface area contributed by atoms with Crippen molar-refractivity contribution in [3.8, 4) is 0 Å². The highest BCUT2D eigenvalue weighted by Crippen LogP contribution is 2.33. The van der Waals surface area contributed by atoms with Crippen LogP contribution in [0, 0.1) is 0 Å². The lowest BCUT2D eigenvalue weighted by Gasteiger charge is -2.32. The van der Waals surface area contributed by atoms with Gasteiger partial charge in [-0.2, -0.15) is 0 Å². The molecule has 0 spiro atoms. The molecule has 1 aromatic carbocycles. The molecule has 0 aliphatic carbocycles. The number of amides is 1. The summed E-state index contributed by atoms with van der Waals surface area (Å²) < 4.78 is 48.7. The fourth-order valence-corrected chi connectivity index (χ4v) is 5.78. The summed E-state index contributed by atoms with van der Waals surface area (Å²) in [5.41, 5.74) is 2.25. The minimum atomic E-state index is -3.38. The van der Waals surface area contributed by atoms with Gasteiger partial charge in [0.25, 0.3) is 0 Å². The zero-order valence-corrected chi connectivity index (χ0v) is 16.2. The van der Waals surface area contributed by atoms with E-state index in [4.69, 9.17) is 0 Å². The second-order valence-corrected chi connectivity index (χ2v) is 10.8. The Balaban J connectivity index is 1.71. The fraction of sp³-hybridized carbons (Fsp3) is 0.562. The first-order valence-corrected chi connectivity index (χ1v) is 12.2. The van der Waals surface area contributed by atoms with Gasteiger partial charge in [-0.05, 0) is 37.0 Å². The SMILES string of the molecule is CS(=O)(=O)Nc1cccc2c1CCCN2CC(=O)N[C@H]1CCS(=O)(=O)C1. The Morgan fingerprint density at radius 1 is 1.35 bits per heavy atom. The first kappa shape index (κ1) is 19.0. The predicted octanol–water partition coefficient (Wildman–Crippen LogP) is 0.114. The zero-order valence-electron chi connectivity index (χ0n) is 14.6. The summed E-state index contributed by atoms with van der Waals surface area (Å²) in [5, 5.41) is 2.79. The molecule has 1 fully saturated rings. The van der Waals surface area contributed by atoms with E-state index in [2.05, 4.69) is 10.0 Å². The topological polar surface area (TPSA) is 113 Å². The Kier molecular flexibility index (Phi) is 5.16. The minimum absolute atomic E-state index is 0.00223. The molecule has 0 aromatic heterocycles. The smallest absolute Gasteiger partial charge is 0.239 e. The van der Waals surface area contributed by atoms with Gasteiger partial charge in [0.1, 0.15) is 0 Å². The summed E-state index contributed by atoms with van der Waals surface area (Å²) in [7, 11) is -6.42. The van der Waals surface area contributed by atoms with Gasteiger partial charge in [-0.1, -0.05) is 6.07 Å². The summed E-state index contributed by atoms with van der Waals surface area (Å²) in [4.78, 5) is 14.3. The molecule has 1 atom stereocenters. The van der Waals surface area contributed by atoms with Crippen LogP contribution in [0.4, 0.5) is 11.4 Å². The van der Waals surface area contributed by atoms with Crippen molar-refractivity contribution in [2.45, 2.75) is 25.3 Å². The van der Waals surface area contributed by atoms with Crippen molar-refractivity contribution < 1.29 is 21.6 Å². The van der Waals surface area contributed by atoms with Crippen molar-refractivity contribution in [1.82, 2.24) is 5.32 Å². The van der Waals surface area contributed by atoms with Crippen LogP contribution in [0.25, 0.3) is 0 Å². The molecule has 3 rings (SSSR count). The third-order valence-electron chi connectivity index (χ3n) is 4.57. The molecule has 0 unspecified atom stereocenters. The van der Waals surface area contributed by atoms with E-state index in [1.165, 1.54) is 0 Å². The summed E-state index contributed by atoms with van der Waals surface area (Å²) >= 11 is 0. The quantitative estimate of drug-likeness (QED) is 0.724. The number of carbonyl (C=O) groups is 1. The number of carbonyl (C=O) groups excluding carboxylic acids is 1. The van der Waals surface area contributed by atoms with Crippen molar-refractivity contribution in [3.05, 3.63) is 23.8 Å².